The molecule has 4 rings (SSSR count). The number of hydrogen-bond acceptors (Lipinski definition) is 5. The van der Waals surface area contributed by atoms with Crippen molar-refractivity contribution in [3.63, 3.8) is 0 Å². The van der Waals surface area contributed by atoms with Crippen LogP contribution in [0.1, 0.15) is 42.6 Å². The minimum absolute atomic E-state index is 0.0865. The molecule has 1 aromatic heterocycles. The molecule has 1 atom stereocenters. The second-order valence-electron chi connectivity index (χ2n) is 8.87. The maximum absolute atomic E-state index is 13.6. The Kier molecular flexibility index (Phi) is 6.74. The summed E-state index contributed by atoms with van der Waals surface area (Å²) in [5.74, 6) is -0.495. The molecule has 33 heavy (non-hydrogen) atoms. The van der Waals surface area contributed by atoms with Crippen LogP contribution in [-0.2, 0) is 20.9 Å². The number of pyridine rings is 1. The van der Waals surface area contributed by atoms with Crippen molar-refractivity contribution in [2.45, 2.75) is 45.0 Å². The fourth-order valence-electron chi connectivity index (χ4n) is 4.54. The van der Waals surface area contributed by atoms with Crippen LogP contribution in [0.25, 0.3) is 0 Å². The van der Waals surface area contributed by atoms with Crippen LogP contribution >= 0.6 is 0 Å². The zero-order chi connectivity index (χ0) is 23.4. The van der Waals surface area contributed by atoms with E-state index >= 15 is 0 Å². The van der Waals surface area contributed by atoms with Crippen molar-refractivity contribution in [3.05, 3.63) is 66.0 Å². The Morgan fingerprint density at radius 3 is 2.48 bits per heavy atom. The van der Waals surface area contributed by atoms with Gasteiger partial charge in [-0.05, 0) is 23.8 Å². The topological polar surface area (TPSA) is 91.8 Å². The summed E-state index contributed by atoms with van der Waals surface area (Å²) in [5.41, 5.74) is 0.478. The molecule has 2 aliphatic rings. The quantitative estimate of drug-likeness (QED) is 0.754. The lowest BCUT2D eigenvalue weighted by Crippen LogP contribution is -2.60. The Bertz CT molecular complexity index is 988. The minimum atomic E-state index is -0.906. The van der Waals surface area contributed by atoms with Crippen molar-refractivity contribution in [1.82, 2.24) is 20.1 Å². The first-order valence-corrected chi connectivity index (χ1v) is 11.4. The molecule has 3 amide bonds. The van der Waals surface area contributed by atoms with E-state index in [0.717, 1.165) is 5.56 Å². The number of likely N-dealkylation sites (tertiary alicyclic amines) is 1. The number of aromatic nitrogens is 1. The fraction of sp³-hybridized carbons (Fsp3) is 0.440. The lowest BCUT2D eigenvalue weighted by Gasteiger charge is -2.44. The van der Waals surface area contributed by atoms with Gasteiger partial charge in [0.1, 0.15) is 11.8 Å². The Balaban J connectivity index is 1.55. The molecule has 8 heteroatoms. The average Bonchev–Trinajstić information content (AvgIpc) is 3.21. The van der Waals surface area contributed by atoms with Crippen LogP contribution < -0.4 is 5.32 Å². The highest BCUT2D eigenvalue weighted by molar-refractivity contribution is 5.98. The highest BCUT2D eigenvalue weighted by Crippen LogP contribution is 2.38. The Morgan fingerprint density at radius 2 is 1.85 bits per heavy atom. The van der Waals surface area contributed by atoms with Gasteiger partial charge >= 0.3 is 0 Å². The van der Waals surface area contributed by atoms with Crippen molar-refractivity contribution >= 4 is 17.7 Å². The number of carbonyl (C=O) groups excluding carboxylic acids is 3. The molecular formula is C25H30N4O4. The molecule has 2 aromatic rings. The van der Waals surface area contributed by atoms with Crippen LogP contribution in [-0.4, -0.2) is 64.0 Å². The number of nitrogens with one attached hydrogen (secondary N) is 1. The number of nitrogens with zero attached hydrogens (tertiary/aromatic N) is 3. The second kappa shape index (κ2) is 9.70. The monoisotopic (exact) mass is 450 g/mol. The molecule has 2 fully saturated rings. The molecule has 2 saturated heterocycles. The Labute approximate surface area is 193 Å². The van der Waals surface area contributed by atoms with Gasteiger partial charge in [-0.1, -0.05) is 38.1 Å². The third-order valence-electron chi connectivity index (χ3n) is 6.34. The summed E-state index contributed by atoms with van der Waals surface area (Å²) in [6.07, 6.45) is 4.31. The van der Waals surface area contributed by atoms with E-state index in [2.05, 4.69) is 10.3 Å². The molecule has 0 bridgehead atoms. The van der Waals surface area contributed by atoms with Gasteiger partial charge in [0.05, 0.1) is 6.61 Å². The highest BCUT2D eigenvalue weighted by Gasteiger charge is 2.54. The Morgan fingerprint density at radius 1 is 1.12 bits per heavy atom. The molecule has 8 nitrogen and oxygen atoms in total. The van der Waals surface area contributed by atoms with E-state index < -0.39 is 11.8 Å². The van der Waals surface area contributed by atoms with E-state index in [0.29, 0.717) is 38.0 Å². The zero-order valence-electron chi connectivity index (χ0n) is 19.1. The zero-order valence-corrected chi connectivity index (χ0v) is 19.1. The molecule has 2 aliphatic heterocycles. The Hall–Kier alpha value is -3.26. The lowest BCUT2D eigenvalue weighted by atomic mass is 9.95. The summed E-state index contributed by atoms with van der Waals surface area (Å²) in [7, 11) is 0. The fourth-order valence-corrected chi connectivity index (χ4v) is 4.54. The third kappa shape index (κ3) is 4.75. The smallest absolute Gasteiger partial charge is 0.256 e. The predicted octanol–water partition coefficient (Wildman–Crippen LogP) is 2.21. The first-order chi connectivity index (χ1) is 15.9. The van der Waals surface area contributed by atoms with Crippen LogP contribution in [0.2, 0.25) is 0 Å². The summed E-state index contributed by atoms with van der Waals surface area (Å²) in [5, 5.41) is 2.92. The first-order valence-electron chi connectivity index (χ1n) is 11.4. The van der Waals surface area contributed by atoms with Crippen molar-refractivity contribution in [1.29, 1.82) is 0 Å². The van der Waals surface area contributed by atoms with E-state index in [1.165, 1.54) is 0 Å². The standard InChI is InChI=1S/C25H30N4O4/c1-18(2)23(31)28-13-10-25(11-14-28)29(24(32)20-8-4-3-5-9-20)21(17-33-25)22(30)27-16-19-7-6-12-26-15-19/h3-9,12,15,18,21H,10-11,13-14,16-17H2,1-2H3,(H,27,30)/t21-/m1/s1. The van der Waals surface area contributed by atoms with Crippen molar-refractivity contribution < 1.29 is 19.1 Å². The van der Waals surface area contributed by atoms with Gasteiger partial charge in [0.25, 0.3) is 5.91 Å². The van der Waals surface area contributed by atoms with Gasteiger partial charge in [0.15, 0.2) is 0 Å². The summed E-state index contributed by atoms with van der Waals surface area (Å²) in [6, 6.07) is 11.9. The number of rotatable bonds is 5. The molecule has 174 valence electrons. The van der Waals surface area contributed by atoms with Crippen LogP contribution in [0.4, 0.5) is 0 Å². The molecular weight excluding hydrogens is 420 g/mol. The second-order valence-corrected chi connectivity index (χ2v) is 8.87. The van der Waals surface area contributed by atoms with Crippen LogP contribution in [0, 0.1) is 5.92 Å². The maximum atomic E-state index is 13.6. The summed E-state index contributed by atoms with van der Waals surface area (Å²) in [4.78, 5) is 46.8. The highest BCUT2D eigenvalue weighted by atomic mass is 16.5. The SMILES string of the molecule is CC(C)C(=O)N1CCC2(CC1)OC[C@H](C(=O)NCc1cccnc1)N2C(=O)c1ccccc1. The van der Waals surface area contributed by atoms with Crippen molar-refractivity contribution in [2.24, 2.45) is 5.92 Å². The van der Waals surface area contributed by atoms with Gasteiger partial charge < -0.3 is 15.0 Å². The number of ether oxygens (including phenoxy) is 1. The van der Waals surface area contributed by atoms with Crippen LogP contribution in [0.3, 0.4) is 0 Å². The number of benzene rings is 1. The number of hydrogen-bond donors (Lipinski definition) is 1. The van der Waals surface area contributed by atoms with E-state index in [9.17, 15) is 14.4 Å². The molecule has 1 aromatic carbocycles. The van der Waals surface area contributed by atoms with E-state index in [1.807, 2.05) is 36.9 Å². The molecule has 0 saturated carbocycles. The molecule has 0 radical (unpaired) electrons. The normalized spacial score (nSPS) is 19.7. The van der Waals surface area contributed by atoms with Gasteiger partial charge in [-0.3, -0.25) is 24.3 Å². The summed E-state index contributed by atoms with van der Waals surface area (Å²) >= 11 is 0. The van der Waals surface area contributed by atoms with Gasteiger partial charge in [0.2, 0.25) is 11.8 Å². The molecule has 1 spiro atoms. The minimum Gasteiger partial charge on any atom is -0.353 e. The number of amides is 3. The number of carbonyl (C=O) groups is 3. The largest absolute Gasteiger partial charge is 0.353 e. The predicted molar refractivity (Wildman–Crippen MR) is 122 cm³/mol. The summed E-state index contributed by atoms with van der Waals surface area (Å²) in [6.45, 7) is 5.17. The first kappa shape index (κ1) is 22.9. The number of piperidine rings is 1. The summed E-state index contributed by atoms with van der Waals surface area (Å²) < 4.78 is 6.20. The lowest BCUT2D eigenvalue weighted by molar-refractivity contribution is -0.146. The molecule has 0 aliphatic carbocycles. The van der Waals surface area contributed by atoms with Gasteiger partial charge in [-0.2, -0.15) is 0 Å². The van der Waals surface area contributed by atoms with Gasteiger partial charge in [0, 0.05) is 56.4 Å². The van der Waals surface area contributed by atoms with Crippen LogP contribution in [0.15, 0.2) is 54.9 Å². The molecule has 1 N–H and O–H groups in total. The average molecular weight is 451 g/mol. The van der Waals surface area contributed by atoms with Gasteiger partial charge in [-0.15, -0.1) is 0 Å². The maximum Gasteiger partial charge on any atom is 0.256 e. The molecule has 3 heterocycles. The van der Waals surface area contributed by atoms with E-state index in [-0.39, 0.29) is 30.2 Å². The van der Waals surface area contributed by atoms with Gasteiger partial charge in [-0.25, -0.2) is 0 Å². The van der Waals surface area contributed by atoms with Crippen LogP contribution in [0.5, 0.6) is 0 Å². The van der Waals surface area contributed by atoms with E-state index in [4.69, 9.17) is 4.74 Å². The van der Waals surface area contributed by atoms with Crippen molar-refractivity contribution in [2.75, 3.05) is 19.7 Å². The van der Waals surface area contributed by atoms with Crippen molar-refractivity contribution in [3.8, 4) is 0 Å². The molecule has 0 unspecified atom stereocenters. The van der Waals surface area contributed by atoms with E-state index in [1.54, 1.807) is 41.6 Å². The third-order valence-corrected chi connectivity index (χ3v) is 6.34.